The molecule has 2 rings (SSSR count). The number of aliphatic hydroxyl groups is 2. The molecule has 0 radical (unpaired) electrons. The van der Waals surface area contributed by atoms with Gasteiger partial charge in [0, 0.05) is 16.8 Å². The zero-order valence-electron chi connectivity index (χ0n) is 11.1. The van der Waals surface area contributed by atoms with Gasteiger partial charge in [-0.05, 0) is 17.7 Å². The largest absolute Gasteiger partial charge is 0.398 e. The maximum atomic E-state index is 12.4. The van der Waals surface area contributed by atoms with Crippen LogP contribution in [0.1, 0.15) is 27.6 Å². The van der Waals surface area contributed by atoms with Crippen molar-refractivity contribution in [3.05, 3.63) is 65.2 Å². The second-order valence-electron chi connectivity index (χ2n) is 4.56. The van der Waals surface area contributed by atoms with Gasteiger partial charge in [0.25, 0.3) is 0 Å². The first kappa shape index (κ1) is 14.7. The molecule has 5 heteroatoms. The molecule has 0 aromatic heterocycles. The highest BCUT2D eigenvalue weighted by atomic mass is 16.3. The van der Waals surface area contributed by atoms with Gasteiger partial charge in [-0.1, -0.05) is 36.4 Å². The highest BCUT2D eigenvalue weighted by Crippen LogP contribution is 2.24. The lowest BCUT2D eigenvalue weighted by molar-refractivity contribution is 0.0527. The number of carbonyl (C=O) groups excluding carboxylic acids is 1. The number of nitrogens with two attached hydrogens (primary N) is 1. The molecule has 106 valence electrons. The number of nitrogen functional groups attached to an aromatic ring is 1. The third-order valence-electron chi connectivity index (χ3n) is 3.13. The van der Waals surface area contributed by atoms with Crippen molar-refractivity contribution in [1.82, 2.24) is 0 Å². The van der Waals surface area contributed by atoms with E-state index in [9.17, 15) is 15.0 Å². The van der Waals surface area contributed by atoms with E-state index >= 15 is 0 Å². The van der Waals surface area contributed by atoms with Crippen LogP contribution in [-0.2, 0) is 0 Å². The molecule has 0 spiro atoms. The van der Waals surface area contributed by atoms with Crippen molar-refractivity contribution in [2.24, 2.45) is 0 Å². The summed E-state index contributed by atoms with van der Waals surface area (Å²) in [7, 11) is 0. The van der Waals surface area contributed by atoms with E-state index in [-0.39, 0.29) is 22.6 Å². The van der Waals surface area contributed by atoms with Gasteiger partial charge in [-0.3, -0.25) is 4.79 Å². The summed E-state index contributed by atoms with van der Waals surface area (Å²) in [6.07, 6.45) is -2.95. The minimum absolute atomic E-state index is 0.225. The quantitative estimate of drug-likeness (QED) is 0.446. The van der Waals surface area contributed by atoms with Crippen molar-refractivity contribution in [3.63, 3.8) is 0 Å². The molecule has 0 amide bonds. The van der Waals surface area contributed by atoms with Crippen LogP contribution < -0.4 is 5.73 Å². The summed E-state index contributed by atoms with van der Waals surface area (Å²) in [6.45, 7) is 0. The maximum absolute atomic E-state index is 12.4. The predicted octanol–water partition coefficient (Wildman–Crippen LogP) is 1.42. The van der Waals surface area contributed by atoms with Crippen LogP contribution in [0.15, 0.2) is 48.5 Å². The van der Waals surface area contributed by atoms with Gasteiger partial charge in [0.15, 0.2) is 11.9 Å². The molecule has 0 aliphatic rings. The van der Waals surface area contributed by atoms with E-state index in [0.29, 0.717) is 5.56 Å². The van der Waals surface area contributed by atoms with Crippen molar-refractivity contribution < 1.29 is 15.0 Å². The number of ketones is 1. The van der Waals surface area contributed by atoms with Gasteiger partial charge in [0.2, 0.25) is 0 Å². The van der Waals surface area contributed by atoms with E-state index in [1.54, 1.807) is 36.4 Å². The van der Waals surface area contributed by atoms with Gasteiger partial charge in [0.1, 0.15) is 6.10 Å². The van der Waals surface area contributed by atoms with Crippen LogP contribution in [0.2, 0.25) is 0 Å². The Hall–Kier alpha value is -2.68. The second kappa shape index (κ2) is 6.18. The Morgan fingerprint density at radius 3 is 2.43 bits per heavy atom. The number of nitrogens with zero attached hydrogens (tertiary/aromatic N) is 1. The highest BCUT2D eigenvalue weighted by molar-refractivity contribution is 6.12. The summed E-state index contributed by atoms with van der Waals surface area (Å²) in [5.74, 6) is -0.284. The number of rotatable bonds is 4. The molecule has 0 bridgehead atoms. The summed E-state index contributed by atoms with van der Waals surface area (Å²) >= 11 is 0. The Labute approximate surface area is 121 Å². The predicted molar refractivity (Wildman–Crippen MR) is 77.3 cm³/mol. The fourth-order valence-corrected chi connectivity index (χ4v) is 1.95. The topological polar surface area (TPSA) is 107 Å². The smallest absolute Gasteiger partial charge is 0.195 e. The van der Waals surface area contributed by atoms with Gasteiger partial charge < -0.3 is 15.9 Å². The van der Waals surface area contributed by atoms with E-state index in [1.165, 1.54) is 18.2 Å². The molecule has 2 atom stereocenters. The standard InChI is InChI=1S/C16H14N2O3/c17-9-14(19)16(21)11-6-7-13(18)12(8-11)15(20)10-4-2-1-3-5-10/h1-8,14,16,19,21H,18H2. The highest BCUT2D eigenvalue weighted by Gasteiger charge is 2.20. The van der Waals surface area contributed by atoms with Crippen LogP contribution in [0.5, 0.6) is 0 Å². The first-order chi connectivity index (χ1) is 10.0. The van der Waals surface area contributed by atoms with Crippen molar-refractivity contribution >= 4 is 11.5 Å². The summed E-state index contributed by atoms with van der Waals surface area (Å²) in [6, 6.07) is 14.5. The third kappa shape index (κ3) is 3.08. The average Bonchev–Trinajstić information content (AvgIpc) is 2.54. The lowest BCUT2D eigenvalue weighted by Gasteiger charge is -2.14. The van der Waals surface area contributed by atoms with Gasteiger partial charge >= 0.3 is 0 Å². The van der Waals surface area contributed by atoms with Crippen LogP contribution in [0, 0.1) is 11.3 Å². The van der Waals surface area contributed by atoms with Crippen LogP contribution in [0.3, 0.4) is 0 Å². The summed E-state index contributed by atoms with van der Waals surface area (Å²) in [5, 5.41) is 27.8. The molecule has 4 N–H and O–H groups in total. The lowest BCUT2D eigenvalue weighted by atomic mass is 9.96. The zero-order chi connectivity index (χ0) is 15.4. The van der Waals surface area contributed by atoms with E-state index in [0.717, 1.165) is 0 Å². The first-order valence-corrected chi connectivity index (χ1v) is 6.29. The molecule has 0 aliphatic carbocycles. The normalized spacial score (nSPS) is 13.2. The summed E-state index contributed by atoms with van der Waals surface area (Å²) < 4.78 is 0. The molecule has 5 nitrogen and oxygen atoms in total. The van der Waals surface area contributed by atoms with Crippen molar-refractivity contribution in [2.45, 2.75) is 12.2 Å². The Morgan fingerprint density at radius 1 is 1.14 bits per heavy atom. The van der Waals surface area contributed by atoms with Gasteiger partial charge in [0.05, 0.1) is 6.07 Å². The number of benzene rings is 2. The Bertz CT molecular complexity index is 692. The number of aliphatic hydroxyl groups excluding tert-OH is 2. The number of nitriles is 1. The fourth-order valence-electron chi connectivity index (χ4n) is 1.95. The second-order valence-corrected chi connectivity index (χ2v) is 4.56. The Morgan fingerprint density at radius 2 is 1.81 bits per heavy atom. The van der Waals surface area contributed by atoms with Crippen molar-refractivity contribution in [1.29, 1.82) is 5.26 Å². The number of anilines is 1. The summed E-state index contributed by atoms with van der Waals surface area (Å²) in [5.41, 5.74) is 7.03. The molecule has 2 aromatic carbocycles. The van der Waals surface area contributed by atoms with E-state index in [4.69, 9.17) is 11.0 Å². The van der Waals surface area contributed by atoms with Crippen LogP contribution >= 0.6 is 0 Å². The maximum Gasteiger partial charge on any atom is 0.195 e. The van der Waals surface area contributed by atoms with Crippen molar-refractivity contribution in [3.8, 4) is 6.07 Å². The molecule has 2 unspecified atom stereocenters. The van der Waals surface area contributed by atoms with E-state index in [2.05, 4.69) is 0 Å². The minimum Gasteiger partial charge on any atom is -0.398 e. The van der Waals surface area contributed by atoms with Gasteiger partial charge in [-0.2, -0.15) is 5.26 Å². The van der Waals surface area contributed by atoms with E-state index < -0.39 is 12.2 Å². The molecule has 0 heterocycles. The zero-order valence-corrected chi connectivity index (χ0v) is 11.1. The van der Waals surface area contributed by atoms with Gasteiger partial charge in [-0.15, -0.1) is 0 Å². The molecule has 0 saturated heterocycles. The monoisotopic (exact) mass is 282 g/mol. The Balaban J connectivity index is 2.41. The van der Waals surface area contributed by atoms with Crippen LogP contribution in [0.4, 0.5) is 5.69 Å². The first-order valence-electron chi connectivity index (χ1n) is 6.29. The number of hydrogen-bond acceptors (Lipinski definition) is 5. The van der Waals surface area contributed by atoms with Crippen LogP contribution in [-0.4, -0.2) is 22.1 Å². The van der Waals surface area contributed by atoms with Crippen LogP contribution in [0.25, 0.3) is 0 Å². The Kier molecular flexibility index (Phi) is 4.33. The molecule has 21 heavy (non-hydrogen) atoms. The van der Waals surface area contributed by atoms with Gasteiger partial charge in [-0.25, -0.2) is 0 Å². The summed E-state index contributed by atoms with van der Waals surface area (Å²) in [4.78, 5) is 12.4. The lowest BCUT2D eigenvalue weighted by Crippen LogP contribution is -2.17. The molecular formula is C16H14N2O3. The van der Waals surface area contributed by atoms with Crippen molar-refractivity contribution in [2.75, 3.05) is 5.73 Å². The molecular weight excluding hydrogens is 268 g/mol. The SMILES string of the molecule is N#CC(O)C(O)c1ccc(N)c(C(=O)c2ccccc2)c1. The molecule has 2 aromatic rings. The minimum atomic E-state index is -1.56. The molecule has 0 aliphatic heterocycles. The number of carbonyl (C=O) groups is 1. The third-order valence-corrected chi connectivity index (χ3v) is 3.13. The number of hydrogen-bond donors (Lipinski definition) is 3. The average molecular weight is 282 g/mol. The van der Waals surface area contributed by atoms with E-state index in [1.807, 2.05) is 0 Å². The molecule has 0 fully saturated rings. The molecule has 0 saturated carbocycles. The fraction of sp³-hybridized carbons (Fsp3) is 0.125.